The molecule has 0 unspecified atom stereocenters. The van der Waals surface area contributed by atoms with Gasteiger partial charge in [0.25, 0.3) is 0 Å². The van der Waals surface area contributed by atoms with Crippen molar-refractivity contribution in [1.82, 2.24) is 4.98 Å². The van der Waals surface area contributed by atoms with Gasteiger partial charge >= 0.3 is 0 Å². The summed E-state index contributed by atoms with van der Waals surface area (Å²) in [7, 11) is 0. The molecule has 0 aliphatic carbocycles. The van der Waals surface area contributed by atoms with E-state index in [9.17, 15) is 10.2 Å². The summed E-state index contributed by atoms with van der Waals surface area (Å²) in [6.45, 7) is 0. The van der Waals surface area contributed by atoms with Crippen LogP contribution < -0.4 is 0 Å². The number of para-hydroxylation sites is 1. The molecule has 0 atom stereocenters. The van der Waals surface area contributed by atoms with Crippen LogP contribution >= 0.6 is 0 Å². The van der Waals surface area contributed by atoms with Gasteiger partial charge in [-0.15, -0.1) is 0 Å². The Morgan fingerprint density at radius 3 is 2.25 bits per heavy atom. The lowest BCUT2D eigenvalue weighted by atomic mass is 9.90. The molecule has 0 bridgehead atoms. The topological polar surface area (TPSA) is 53.4 Å². The number of nitrogens with zero attached hydrogens (tertiary/aromatic N) is 1. The van der Waals surface area contributed by atoms with E-state index in [-0.39, 0.29) is 11.5 Å². The van der Waals surface area contributed by atoms with Gasteiger partial charge in [-0.05, 0) is 57.3 Å². The smallest absolute Gasteiger partial charge is 0.141 e. The molecule has 2 N–H and O–H groups in total. The van der Waals surface area contributed by atoms with E-state index in [4.69, 9.17) is 0 Å². The molecule has 152 valence electrons. The van der Waals surface area contributed by atoms with Gasteiger partial charge in [0.2, 0.25) is 0 Å². The van der Waals surface area contributed by atoms with Crippen molar-refractivity contribution in [3.05, 3.63) is 103 Å². The minimum absolute atomic E-state index is 0.156. The number of phenols is 2. The molecule has 0 spiro atoms. The number of aromatic nitrogens is 1. The molecule has 0 saturated heterocycles. The third-order valence-corrected chi connectivity index (χ3v) is 6.12. The van der Waals surface area contributed by atoms with Gasteiger partial charge in [-0.1, -0.05) is 72.8 Å². The number of fused-ring (bicyclic) bond motifs is 4. The Hall–Kier alpha value is -4.37. The summed E-state index contributed by atoms with van der Waals surface area (Å²) in [5.41, 5.74) is 4.79. The molecule has 0 fully saturated rings. The van der Waals surface area contributed by atoms with Crippen LogP contribution in [-0.4, -0.2) is 15.2 Å². The maximum atomic E-state index is 10.7. The Balaban J connectivity index is 1.74. The zero-order chi connectivity index (χ0) is 21.7. The first kappa shape index (κ1) is 18.4. The lowest BCUT2D eigenvalue weighted by Gasteiger charge is -2.14. The average molecular weight is 413 g/mol. The van der Waals surface area contributed by atoms with Crippen LogP contribution in [0.15, 0.2) is 103 Å². The molecule has 0 amide bonds. The molecule has 3 nitrogen and oxygen atoms in total. The number of phenolic OH excluding ortho intramolecular Hbond substituents is 2. The van der Waals surface area contributed by atoms with Crippen molar-refractivity contribution in [3.8, 4) is 33.8 Å². The molecule has 3 heteroatoms. The first-order valence-electron chi connectivity index (χ1n) is 10.5. The highest BCUT2D eigenvalue weighted by atomic mass is 16.3. The van der Waals surface area contributed by atoms with E-state index >= 15 is 0 Å². The summed E-state index contributed by atoms with van der Waals surface area (Å²) in [4.78, 5) is 4.38. The Morgan fingerprint density at radius 1 is 0.531 bits per heavy atom. The molecule has 0 aliphatic rings. The number of aromatic hydroxyl groups is 2. The van der Waals surface area contributed by atoms with Crippen molar-refractivity contribution in [1.29, 1.82) is 0 Å². The molecule has 6 aromatic rings. The number of pyridine rings is 1. The molecule has 6 rings (SSSR count). The predicted octanol–water partition coefficient (Wildman–Crippen LogP) is 7.29. The van der Waals surface area contributed by atoms with Crippen LogP contribution in [0.5, 0.6) is 11.5 Å². The lowest BCUT2D eigenvalue weighted by Crippen LogP contribution is -1.89. The summed E-state index contributed by atoms with van der Waals surface area (Å²) in [5.74, 6) is 0.403. The van der Waals surface area contributed by atoms with Gasteiger partial charge < -0.3 is 10.2 Å². The largest absolute Gasteiger partial charge is 0.507 e. The van der Waals surface area contributed by atoms with Crippen LogP contribution in [0.25, 0.3) is 54.7 Å². The fourth-order valence-electron chi connectivity index (χ4n) is 4.59. The summed E-state index contributed by atoms with van der Waals surface area (Å²) in [6, 6.07) is 31.9. The van der Waals surface area contributed by atoms with Crippen molar-refractivity contribution >= 4 is 32.4 Å². The van der Waals surface area contributed by atoms with Crippen LogP contribution in [0.3, 0.4) is 0 Å². The van der Waals surface area contributed by atoms with Gasteiger partial charge in [0, 0.05) is 22.4 Å². The maximum Gasteiger partial charge on any atom is 0.141 e. The van der Waals surface area contributed by atoms with Crippen molar-refractivity contribution in [2.75, 3.05) is 0 Å². The summed E-state index contributed by atoms with van der Waals surface area (Å²) >= 11 is 0. The molecule has 0 radical (unpaired) electrons. The van der Waals surface area contributed by atoms with E-state index < -0.39 is 0 Å². The molecule has 0 saturated carbocycles. The number of hydrogen-bond donors (Lipinski definition) is 2. The van der Waals surface area contributed by atoms with E-state index in [2.05, 4.69) is 35.3 Å². The second-order valence-corrected chi connectivity index (χ2v) is 7.95. The summed E-state index contributed by atoms with van der Waals surface area (Å²) < 4.78 is 0. The van der Waals surface area contributed by atoms with E-state index in [0.717, 1.165) is 49.2 Å². The normalized spacial score (nSPS) is 11.4. The van der Waals surface area contributed by atoms with Gasteiger partial charge in [0.15, 0.2) is 0 Å². The van der Waals surface area contributed by atoms with Crippen LogP contribution in [0.2, 0.25) is 0 Å². The lowest BCUT2D eigenvalue weighted by molar-refractivity contribution is 0.480. The number of hydrogen-bond acceptors (Lipinski definition) is 3. The van der Waals surface area contributed by atoms with Crippen molar-refractivity contribution in [3.63, 3.8) is 0 Å². The number of rotatable bonds is 2. The monoisotopic (exact) mass is 413 g/mol. The van der Waals surface area contributed by atoms with Crippen molar-refractivity contribution in [2.45, 2.75) is 0 Å². The molecular weight excluding hydrogens is 394 g/mol. The fraction of sp³-hybridized carbons (Fsp3) is 0. The van der Waals surface area contributed by atoms with Crippen LogP contribution in [0, 0.1) is 0 Å². The van der Waals surface area contributed by atoms with Crippen LogP contribution in [0.4, 0.5) is 0 Å². The predicted molar refractivity (Wildman–Crippen MR) is 131 cm³/mol. The molecule has 1 heterocycles. The number of benzene rings is 5. The molecular formula is C29H19NO2. The Morgan fingerprint density at radius 2 is 1.38 bits per heavy atom. The highest BCUT2D eigenvalue weighted by molar-refractivity contribution is 6.18. The fourth-order valence-corrected chi connectivity index (χ4v) is 4.59. The maximum absolute atomic E-state index is 10.7. The quantitative estimate of drug-likeness (QED) is 0.293. The highest BCUT2D eigenvalue weighted by Gasteiger charge is 2.15. The zero-order valence-electron chi connectivity index (χ0n) is 17.2. The van der Waals surface area contributed by atoms with Gasteiger partial charge in [0.1, 0.15) is 17.0 Å². The van der Waals surface area contributed by atoms with E-state index in [1.165, 1.54) is 0 Å². The van der Waals surface area contributed by atoms with E-state index in [0.29, 0.717) is 5.52 Å². The molecule has 32 heavy (non-hydrogen) atoms. The Labute approximate surface area is 184 Å². The van der Waals surface area contributed by atoms with E-state index in [1.54, 1.807) is 18.3 Å². The average Bonchev–Trinajstić information content (AvgIpc) is 2.84. The highest BCUT2D eigenvalue weighted by Crippen LogP contribution is 2.42. The Bertz CT molecular complexity index is 1640. The van der Waals surface area contributed by atoms with E-state index in [1.807, 2.05) is 54.6 Å². The molecule has 5 aromatic carbocycles. The molecule has 1 aromatic heterocycles. The van der Waals surface area contributed by atoms with Gasteiger partial charge in [-0.25, -0.2) is 0 Å². The second kappa shape index (κ2) is 7.10. The van der Waals surface area contributed by atoms with Crippen LogP contribution in [0.1, 0.15) is 0 Å². The standard InChI is InChI=1S/C29H19NO2/c31-26-14-13-22(21-15-16-30-29-23(21)7-4-8-27(29)32)28-24(26)12-11-19-9-10-20(17-25(19)28)18-5-2-1-3-6-18/h1-17,31-32H. The van der Waals surface area contributed by atoms with Gasteiger partial charge in [-0.2, -0.15) is 0 Å². The third kappa shape index (κ3) is 2.79. The van der Waals surface area contributed by atoms with Crippen molar-refractivity contribution in [2.24, 2.45) is 0 Å². The van der Waals surface area contributed by atoms with Gasteiger partial charge in [0.05, 0.1) is 0 Å². The van der Waals surface area contributed by atoms with Gasteiger partial charge in [-0.3, -0.25) is 4.98 Å². The third-order valence-electron chi connectivity index (χ3n) is 6.12. The molecule has 0 aliphatic heterocycles. The summed E-state index contributed by atoms with van der Waals surface area (Å²) in [6.07, 6.45) is 1.72. The van der Waals surface area contributed by atoms with Crippen molar-refractivity contribution < 1.29 is 10.2 Å². The Kier molecular flexibility index (Phi) is 4.08. The summed E-state index contributed by atoms with van der Waals surface area (Å²) in [5, 5.41) is 25.8. The van der Waals surface area contributed by atoms with Crippen LogP contribution in [-0.2, 0) is 0 Å². The second-order valence-electron chi connectivity index (χ2n) is 7.95. The first-order valence-corrected chi connectivity index (χ1v) is 10.5. The first-order chi connectivity index (χ1) is 15.7. The minimum atomic E-state index is 0.156. The SMILES string of the molecule is Oc1ccc(-c2ccnc3c(O)cccc23)c2c1ccc1ccc(-c3ccccc3)cc12. The minimum Gasteiger partial charge on any atom is -0.507 e. The zero-order valence-corrected chi connectivity index (χ0v) is 17.2.